The van der Waals surface area contributed by atoms with Gasteiger partial charge < -0.3 is 0 Å². The largest absolute Gasteiger partial charge is 0.0801 e. The fourth-order valence-electron chi connectivity index (χ4n) is 2.40. The number of fused-ring (bicyclic) bond motifs is 1. The smallest absolute Gasteiger partial charge is 0.0211 e. The highest BCUT2D eigenvalue weighted by Gasteiger charge is 2.18. The van der Waals surface area contributed by atoms with Crippen LogP contribution in [0.2, 0.25) is 0 Å². The minimum Gasteiger partial charge on any atom is -0.0801 e. The summed E-state index contributed by atoms with van der Waals surface area (Å²) < 4.78 is 0. The van der Waals surface area contributed by atoms with Gasteiger partial charge in [0.15, 0.2) is 0 Å². The van der Waals surface area contributed by atoms with Crippen LogP contribution in [-0.4, -0.2) is 0 Å². The number of hydrogen-bond donors (Lipinski definition) is 0. The summed E-state index contributed by atoms with van der Waals surface area (Å²) in [4.78, 5) is 0. The van der Waals surface area contributed by atoms with Crippen molar-refractivity contribution in [2.45, 2.75) is 6.42 Å². The molecule has 3 aliphatic carbocycles. The van der Waals surface area contributed by atoms with E-state index in [0.29, 0.717) is 5.92 Å². The lowest BCUT2D eigenvalue weighted by Crippen LogP contribution is -1.87. The summed E-state index contributed by atoms with van der Waals surface area (Å²) in [6.07, 6.45) is 29.2. The molecular weight excluding hydrogens is 216 g/mol. The third kappa shape index (κ3) is 2.28. The van der Waals surface area contributed by atoms with E-state index in [1.54, 1.807) is 0 Å². The second-order valence-corrected chi connectivity index (χ2v) is 4.63. The molecule has 0 aromatic rings. The molecule has 0 radical (unpaired) electrons. The van der Waals surface area contributed by atoms with Gasteiger partial charge >= 0.3 is 0 Å². The molecule has 0 fully saturated rings. The zero-order valence-corrected chi connectivity index (χ0v) is 10.3. The van der Waals surface area contributed by atoms with Gasteiger partial charge in [0.2, 0.25) is 0 Å². The Bertz CT molecular complexity index is 569. The van der Waals surface area contributed by atoms with Crippen molar-refractivity contribution in [3.63, 3.8) is 0 Å². The van der Waals surface area contributed by atoms with Crippen LogP contribution in [0.3, 0.4) is 0 Å². The predicted octanol–water partition coefficient (Wildman–Crippen LogP) is 4.59. The molecule has 3 rings (SSSR count). The van der Waals surface area contributed by atoms with Gasteiger partial charge in [0.25, 0.3) is 0 Å². The highest BCUT2D eigenvalue weighted by atomic mass is 14.2. The average Bonchev–Trinajstić information content (AvgIpc) is 3.00. The quantitative estimate of drug-likeness (QED) is 0.653. The van der Waals surface area contributed by atoms with Crippen LogP contribution >= 0.6 is 0 Å². The number of rotatable bonds is 2. The fraction of sp³-hybridized carbons (Fsp3) is 0.111. The first-order valence-electron chi connectivity index (χ1n) is 6.41. The van der Waals surface area contributed by atoms with Crippen LogP contribution < -0.4 is 0 Å². The van der Waals surface area contributed by atoms with Crippen LogP contribution in [0.4, 0.5) is 0 Å². The van der Waals surface area contributed by atoms with Crippen molar-refractivity contribution in [3.05, 3.63) is 95.7 Å². The molecule has 0 heterocycles. The average molecular weight is 232 g/mol. The topological polar surface area (TPSA) is 0 Å². The van der Waals surface area contributed by atoms with Crippen LogP contribution in [0.5, 0.6) is 0 Å². The molecule has 18 heavy (non-hydrogen) atoms. The minimum atomic E-state index is 0.523. The van der Waals surface area contributed by atoms with Gasteiger partial charge in [-0.15, -0.1) is 0 Å². The number of allylic oxidation sites excluding steroid dienone is 16. The number of hydrogen-bond acceptors (Lipinski definition) is 0. The van der Waals surface area contributed by atoms with Crippen LogP contribution in [0.1, 0.15) is 6.42 Å². The molecule has 0 heteroatoms. The molecule has 0 N–H and O–H groups in total. The van der Waals surface area contributed by atoms with Gasteiger partial charge in [-0.2, -0.15) is 0 Å². The monoisotopic (exact) mass is 232 g/mol. The van der Waals surface area contributed by atoms with Crippen LogP contribution in [0.15, 0.2) is 95.7 Å². The van der Waals surface area contributed by atoms with E-state index >= 15 is 0 Å². The van der Waals surface area contributed by atoms with E-state index in [9.17, 15) is 0 Å². The molecule has 0 aromatic carbocycles. The molecule has 3 aliphatic rings. The summed E-state index contributed by atoms with van der Waals surface area (Å²) >= 11 is 0. The lowest BCUT2D eigenvalue weighted by Gasteiger charge is -2.01. The lowest BCUT2D eigenvalue weighted by molar-refractivity contribution is 1.06. The molecular formula is C18H16. The lowest BCUT2D eigenvalue weighted by atomic mass is 10.0. The molecule has 0 nitrogen and oxygen atoms in total. The van der Waals surface area contributed by atoms with Crippen molar-refractivity contribution >= 4 is 0 Å². The Labute approximate surface area is 108 Å². The molecule has 0 saturated carbocycles. The zero-order chi connectivity index (χ0) is 12.2. The first kappa shape index (κ1) is 11.0. The van der Waals surface area contributed by atoms with Crippen molar-refractivity contribution in [2.75, 3.05) is 0 Å². The van der Waals surface area contributed by atoms with E-state index in [2.05, 4.69) is 79.0 Å². The molecule has 0 aromatic heterocycles. The first-order chi connectivity index (χ1) is 8.93. The second kappa shape index (κ2) is 5.05. The van der Waals surface area contributed by atoms with E-state index in [1.807, 2.05) is 0 Å². The van der Waals surface area contributed by atoms with Gasteiger partial charge in [-0.05, 0) is 23.1 Å². The summed E-state index contributed by atoms with van der Waals surface area (Å²) in [6, 6.07) is 0. The van der Waals surface area contributed by atoms with Crippen molar-refractivity contribution in [1.82, 2.24) is 0 Å². The second-order valence-electron chi connectivity index (χ2n) is 4.63. The predicted molar refractivity (Wildman–Crippen MR) is 78.1 cm³/mol. The fourth-order valence-corrected chi connectivity index (χ4v) is 2.40. The maximum absolute atomic E-state index is 2.25. The Kier molecular flexibility index (Phi) is 3.10. The van der Waals surface area contributed by atoms with Gasteiger partial charge in [-0.25, -0.2) is 0 Å². The van der Waals surface area contributed by atoms with E-state index in [1.165, 1.54) is 16.7 Å². The van der Waals surface area contributed by atoms with Crippen molar-refractivity contribution in [2.24, 2.45) is 5.92 Å². The van der Waals surface area contributed by atoms with Gasteiger partial charge in [0.05, 0.1) is 0 Å². The van der Waals surface area contributed by atoms with Gasteiger partial charge in [-0.1, -0.05) is 79.0 Å². The van der Waals surface area contributed by atoms with Crippen LogP contribution in [0, 0.1) is 5.92 Å². The standard InChI is InChI=1S/C18H16/c1-2-7-15(8-3-1)9-4-5-10-16-13-14-17-11-6-12-18(16)17/h1-7,9-14,17H,8H2/b5-4-,15-9-,16-10+. The molecule has 0 spiro atoms. The zero-order valence-electron chi connectivity index (χ0n) is 10.3. The first-order valence-corrected chi connectivity index (χ1v) is 6.41. The Morgan fingerprint density at radius 1 is 0.944 bits per heavy atom. The van der Waals surface area contributed by atoms with E-state index in [-0.39, 0.29) is 0 Å². The Morgan fingerprint density at radius 2 is 1.89 bits per heavy atom. The molecule has 88 valence electrons. The summed E-state index contributed by atoms with van der Waals surface area (Å²) in [7, 11) is 0. The van der Waals surface area contributed by atoms with Crippen LogP contribution in [0.25, 0.3) is 0 Å². The third-order valence-corrected chi connectivity index (χ3v) is 3.38. The van der Waals surface area contributed by atoms with Crippen molar-refractivity contribution in [3.8, 4) is 0 Å². The highest BCUT2D eigenvalue weighted by Crippen LogP contribution is 2.33. The summed E-state index contributed by atoms with van der Waals surface area (Å²) in [6.45, 7) is 0. The molecule has 0 saturated heterocycles. The molecule has 0 aliphatic heterocycles. The third-order valence-electron chi connectivity index (χ3n) is 3.38. The van der Waals surface area contributed by atoms with E-state index < -0.39 is 0 Å². The molecule has 0 amide bonds. The van der Waals surface area contributed by atoms with Crippen LogP contribution in [-0.2, 0) is 0 Å². The normalized spacial score (nSPS) is 28.9. The minimum absolute atomic E-state index is 0.523. The highest BCUT2D eigenvalue weighted by molar-refractivity contribution is 5.56. The van der Waals surface area contributed by atoms with E-state index in [0.717, 1.165) is 6.42 Å². The van der Waals surface area contributed by atoms with Crippen molar-refractivity contribution < 1.29 is 0 Å². The SMILES string of the molecule is C1=CC\C(=C/C=C\C=C2/C=CC3C=CC=C23)C=C1. The molecule has 1 unspecified atom stereocenters. The molecule has 0 bridgehead atoms. The maximum Gasteiger partial charge on any atom is 0.0211 e. The maximum atomic E-state index is 2.25. The molecule has 1 atom stereocenters. The Hall–Kier alpha value is -2.08. The van der Waals surface area contributed by atoms with Gasteiger partial charge in [0, 0.05) is 5.92 Å². The summed E-state index contributed by atoms with van der Waals surface area (Å²) in [5.41, 5.74) is 4.11. The van der Waals surface area contributed by atoms with Crippen molar-refractivity contribution in [1.29, 1.82) is 0 Å². The van der Waals surface area contributed by atoms with Gasteiger partial charge in [0.1, 0.15) is 0 Å². The summed E-state index contributed by atoms with van der Waals surface area (Å²) in [5.74, 6) is 0.523. The summed E-state index contributed by atoms with van der Waals surface area (Å²) in [5, 5.41) is 0. The van der Waals surface area contributed by atoms with Gasteiger partial charge in [-0.3, -0.25) is 0 Å². The van der Waals surface area contributed by atoms with E-state index in [4.69, 9.17) is 0 Å². The Morgan fingerprint density at radius 3 is 2.78 bits per heavy atom. The Balaban J connectivity index is 1.66.